The molecule has 0 aliphatic rings. The van der Waals surface area contributed by atoms with Crippen LogP contribution in [0.15, 0.2) is 27.1 Å². The smallest absolute Gasteiger partial charge is 0.307 e. The summed E-state index contributed by atoms with van der Waals surface area (Å²) in [7, 11) is 1.35. The Hall–Kier alpha value is -0.390. The minimum absolute atomic E-state index is 0.180. The molecule has 0 aliphatic heterocycles. The number of benzene rings is 1. The Morgan fingerprint density at radius 3 is 2.40 bits per heavy atom. The van der Waals surface area contributed by atoms with E-state index >= 15 is 0 Å². The van der Waals surface area contributed by atoms with E-state index in [1.54, 1.807) is 0 Å². The van der Waals surface area contributed by atoms with Gasteiger partial charge in [-0.05, 0) is 23.8 Å². The molecule has 5 heteroatoms. The van der Waals surface area contributed by atoms with Crippen molar-refractivity contribution < 1.29 is 9.53 Å². The summed E-state index contributed by atoms with van der Waals surface area (Å²) in [5.41, 5.74) is 6.76. The summed E-state index contributed by atoms with van der Waals surface area (Å²) in [6.45, 7) is 0. The second kappa shape index (κ2) is 5.63. The molecule has 0 bridgehead atoms. The van der Waals surface area contributed by atoms with E-state index in [0.717, 1.165) is 14.5 Å². The van der Waals surface area contributed by atoms with Crippen molar-refractivity contribution >= 4 is 37.8 Å². The number of hydrogen-bond acceptors (Lipinski definition) is 3. The molecule has 1 atom stereocenters. The van der Waals surface area contributed by atoms with E-state index in [1.165, 1.54) is 7.11 Å². The van der Waals surface area contributed by atoms with Gasteiger partial charge in [0.1, 0.15) is 0 Å². The first-order valence-corrected chi connectivity index (χ1v) is 5.90. The predicted octanol–water partition coefficient (Wildman–Crippen LogP) is 2.77. The lowest BCUT2D eigenvalue weighted by Gasteiger charge is -2.11. The third-order valence-corrected chi connectivity index (χ3v) is 2.84. The second-order valence-corrected chi connectivity index (χ2v) is 4.92. The average molecular weight is 337 g/mol. The fourth-order valence-corrected chi connectivity index (χ4v) is 2.50. The molecule has 1 unspecified atom stereocenters. The number of carbonyl (C=O) groups excluding carboxylic acids is 1. The minimum Gasteiger partial charge on any atom is -0.469 e. The summed E-state index contributed by atoms with van der Waals surface area (Å²) >= 11 is 6.73. The molecule has 0 aliphatic carbocycles. The van der Waals surface area contributed by atoms with Crippen LogP contribution in [-0.2, 0) is 9.53 Å². The Balaban J connectivity index is 2.81. The van der Waals surface area contributed by atoms with Crippen LogP contribution < -0.4 is 5.73 Å². The van der Waals surface area contributed by atoms with Gasteiger partial charge in [-0.2, -0.15) is 0 Å². The number of halogens is 2. The number of carbonyl (C=O) groups is 1. The van der Waals surface area contributed by atoms with Gasteiger partial charge >= 0.3 is 5.97 Å². The molecular weight excluding hydrogens is 326 g/mol. The monoisotopic (exact) mass is 335 g/mol. The molecule has 0 heterocycles. The van der Waals surface area contributed by atoms with E-state index in [-0.39, 0.29) is 18.4 Å². The number of rotatable bonds is 3. The zero-order valence-corrected chi connectivity index (χ0v) is 11.3. The van der Waals surface area contributed by atoms with E-state index in [9.17, 15) is 4.79 Å². The highest BCUT2D eigenvalue weighted by Crippen LogP contribution is 2.24. The number of nitrogens with two attached hydrogens (primary N) is 1. The van der Waals surface area contributed by atoms with Crippen molar-refractivity contribution in [3.8, 4) is 0 Å². The van der Waals surface area contributed by atoms with Gasteiger partial charge in [0.15, 0.2) is 0 Å². The van der Waals surface area contributed by atoms with E-state index in [0.29, 0.717) is 0 Å². The van der Waals surface area contributed by atoms with Crippen molar-refractivity contribution in [1.29, 1.82) is 0 Å². The number of hydrogen-bond donors (Lipinski definition) is 1. The molecule has 0 aromatic heterocycles. The summed E-state index contributed by atoms with van der Waals surface area (Å²) in [6.07, 6.45) is 0.180. The fraction of sp³-hybridized carbons (Fsp3) is 0.300. The molecule has 0 saturated carbocycles. The Kier molecular flexibility index (Phi) is 4.76. The molecule has 0 fully saturated rings. The molecule has 82 valence electrons. The highest BCUT2D eigenvalue weighted by Gasteiger charge is 2.12. The molecule has 2 N–H and O–H groups in total. The van der Waals surface area contributed by atoms with Gasteiger partial charge in [0.2, 0.25) is 0 Å². The van der Waals surface area contributed by atoms with Gasteiger partial charge in [-0.1, -0.05) is 31.9 Å². The number of methoxy groups -OCH3 is 1. The van der Waals surface area contributed by atoms with Crippen molar-refractivity contribution in [2.24, 2.45) is 5.73 Å². The Morgan fingerprint density at radius 2 is 1.93 bits per heavy atom. The third kappa shape index (κ3) is 3.93. The topological polar surface area (TPSA) is 52.3 Å². The molecule has 0 radical (unpaired) electrons. The van der Waals surface area contributed by atoms with Crippen molar-refractivity contribution in [3.05, 3.63) is 32.7 Å². The lowest BCUT2D eigenvalue weighted by atomic mass is 10.1. The van der Waals surface area contributed by atoms with Crippen molar-refractivity contribution in [1.82, 2.24) is 0 Å². The first-order chi connectivity index (χ1) is 7.02. The first-order valence-electron chi connectivity index (χ1n) is 4.31. The summed E-state index contributed by atoms with van der Waals surface area (Å²) in [6, 6.07) is 5.34. The van der Waals surface area contributed by atoms with Crippen LogP contribution in [0.4, 0.5) is 0 Å². The standard InChI is InChI=1S/C10H11Br2NO2/c1-15-10(14)5-9(13)6-2-7(11)4-8(12)3-6/h2-4,9H,5,13H2,1H3. The SMILES string of the molecule is COC(=O)CC(N)c1cc(Br)cc(Br)c1. The maximum Gasteiger partial charge on any atom is 0.307 e. The lowest BCUT2D eigenvalue weighted by molar-refractivity contribution is -0.141. The zero-order chi connectivity index (χ0) is 11.4. The maximum atomic E-state index is 11.0. The van der Waals surface area contributed by atoms with Crippen LogP contribution in [0.5, 0.6) is 0 Å². The van der Waals surface area contributed by atoms with Crippen LogP contribution >= 0.6 is 31.9 Å². The Bertz CT molecular complexity index is 348. The summed E-state index contributed by atoms with van der Waals surface area (Å²) < 4.78 is 6.41. The van der Waals surface area contributed by atoms with Crippen LogP contribution in [0.25, 0.3) is 0 Å². The molecule has 1 aromatic rings. The molecule has 15 heavy (non-hydrogen) atoms. The second-order valence-electron chi connectivity index (χ2n) is 3.09. The van der Waals surface area contributed by atoms with E-state index in [4.69, 9.17) is 5.73 Å². The molecule has 3 nitrogen and oxygen atoms in total. The van der Waals surface area contributed by atoms with Crippen molar-refractivity contribution in [2.75, 3.05) is 7.11 Å². The van der Waals surface area contributed by atoms with E-state index in [1.807, 2.05) is 18.2 Å². The van der Waals surface area contributed by atoms with Crippen LogP contribution in [0.3, 0.4) is 0 Å². The molecule has 0 saturated heterocycles. The van der Waals surface area contributed by atoms with Crippen molar-refractivity contribution in [2.45, 2.75) is 12.5 Å². The Morgan fingerprint density at radius 1 is 1.40 bits per heavy atom. The van der Waals surface area contributed by atoms with Gasteiger partial charge in [-0.3, -0.25) is 4.79 Å². The van der Waals surface area contributed by atoms with Gasteiger partial charge in [0.05, 0.1) is 13.5 Å². The molecule has 0 spiro atoms. The van der Waals surface area contributed by atoms with E-state index < -0.39 is 0 Å². The fourth-order valence-electron chi connectivity index (χ4n) is 1.17. The first kappa shape index (κ1) is 12.7. The predicted molar refractivity (Wildman–Crippen MR) is 65.4 cm³/mol. The summed E-state index contributed by atoms with van der Waals surface area (Å²) in [5, 5.41) is 0. The van der Waals surface area contributed by atoms with Crippen molar-refractivity contribution in [3.63, 3.8) is 0 Å². The lowest BCUT2D eigenvalue weighted by Crippen LogP contribution is -2.16. The van der Waals surface area contributed by atoms with Crippen LogP contribution in [-0.4, -0.2) is 13.1 Å². The van der Waals surface area contributed by atoms with Gasteiger partial charge in [0, 0.05) is 15.0 Å². The molecule has 1 rings (SSSR count). The van der Waals surface area contributed by atoms with Crippen LogP contribution in [0.1, 0.15) is 18.0 Å². The zero-order valence-electron chi connectivity index (χ0n) is 8.17. The third-order valence-electron chi connectivity index (χ3n) is 1.93. The van der Waals surface area contributed by atoms with Gasteiger partial charge < -0.3 is 10.5 Å². The van der Waals surface area contributed by atoms with Gasteiger partial charge in [-0.25, -0.2) is 0 Å². The quantitative estimate of drug-likeness (QED) is 0.863. The van der Waals surface area contributed by atoms with Gasteiger partial charge in [0.25, 0.3) is 0 Å². The van der Waals surface area contributed by atoms with Gasteiger partial charge in [-0.15, -0.1) is 0 Å². The minimum atomic E-state index is -0.341. The maximum absolute atomic E-state index is 11.0. The molecule has 0 amide bonds. The Labute approximate surface area is 105 Å². The van der Waals surface area contributed by atoms with Crippen LogP contribution in [0, 0.1) is 0 Å². The largest absolute Gasteiger partial charge is 0.469 e. The van der Waals surface area contributed by atoms with Crippen LogP contribution in [0.2, 0.25) is 0 Å². The van der Waals surface area contributed by atoms with E-state index in [2.05, 4.69) is 36.6 Å². The normalized spacial score (nSPS) is 12.3. The number of esters is 1. The summed E-state index contributed by atoms with van der Waals surface area (Å²) in [4.78, 5) is 11.0. The average Bonchev–Trinajstić information content (AvgIpc) is 2.16. The molecular formula is C10H11Br2NO2. The molecule has 1 aromatic carbocycles. The summed E-state index contributed by atoms with van der Waals surface area (Å²) in [5.74, 6) is -0.307. The highest BCUT2D eigenvalue weighted by atomic mass is 79.9. The number of ether oxygens (including phenoxy) is 1. The highest BCUT2D eigenvalue weighted by molar-refractivity contribution is 9.11.